The molecule has 0 saturated carbocycles. The topological polar surface area (TPSA) is 53.2 Å². The van der Waals surface area contributed by atoms with E-state index in [9.17, 15) is 9.59 Å². The number of hydrogen-bond donors (Lipinski definition) is 0. The Morgan fingerprint density at radius 1 is 1.25 bits per heavy atom. The summed E-state index contributed by atoms with van der Waals surface area (Å²) < 4.78 is 8.36. The molecule has 1 aromatic rings. The van der Waals surface area contributed by atoms with Crippen molar-refractivity contribution in [3.8, 4) is 0 Å². The minimum atomic E-state index is -0.267. The lowest BCUT2D eigenvalue weighted by atomic mass is 9.74. The van der Waals surface area contributed by atoms with E-state index in [1.807, 2.05) is 0 Å². The molecule has 1 aromatic heterocycles. The highest BCUT2D eigenvalue weighted by Gasteiger charge is 2.45. The maximum atomic E-state index is 12.0. The lowest BCUT2D eigenvalue weighted by Crippen LogP contribution is -2.49. The number of rotatable bonds is 0. The second-order valence-corrected chi connectivity index (χ2v) is 4.54. The fraction of sp³-hybridized carbons (Fsp3) is 0.636. The van der Waals surface area contributed by atoms with Crippen molar-refractivity contribution in [1.82, 2.24) is 9.13 Å². The van der Waals surface area contributed by atoms with Gasteiger partial charge in [0.25, 0.3) is 5.56 Å². The fourth-order valence-corrected chi connectivity index (χ4v) is 2.83. The van der Waals surface area contributed by atoms with Gasteiger partial charge >= 0.3 is 5.69 Å². The van der Waals surface area contributed by atoms with Crippen LogP contribution in [0.25, 0.3) is 0 Å². The van der Waals surface area contributed by atoms with Gasteiger partial charge in [0, 0.05) is 32.2 Å². The summed E-state index contributed by atoms with van der Waals surface area (Å²) in [6, 6.07) is 0. The van der Waals surface area contributed by atoms with Crippen LogP contribution in [0.3, 0.4) is 0 Å². The third-order valence-electron chi connectivity index (χ3n) is 3.71. The molecular weight excluding hydrogens is 208 g/mol. The van der Waals surface area contributed by atoms with Gasteiger partial charge in [0.05, 0.1) is 5.69 Å². The van der Waals surface area contributed by atoms with Crippen LogP contribution in [0.1, 0.15) is 36.1 Å². The van der Waals surface area contributed by atoms with E-state index in [2.05, 4.69) is 0 Å². The van der Waals surface area contributed by atoms with E-state index in [4.69, 9.17) is 4.74 Å². The van der Waals surface area contributed by atoms with Gasteiger partial charge in [-0.1, -0.05) is 0 Å². The predicted octanol–water partition coefficient (Wildman–Crippen LogP) is 0.0327. The SMILES string of the molecule is Cn1c2c(c(=O)n(C)c1=O)C1CCCOC21. The van der Waals surface area contributed by atoms with Gasteiger partial charge in [-0.3, -0.25) is 13.9 Å². The molecule has 0 N–H and O–H groups in total. The quantitative estimate of drug-likeness (QED) is 0.622. The Balaban J connectivity index is 2.30. The van der Waals surface area contributed by atoms with Crippen LogP contribution in [0.15, 0.2) is 9.59 Å². The van der Waals surface area contributed by atoms with Gasteiger partial charge in [-0.05, 0) is 12.8 Å². The first kappa shape index (κ1) is 9.84. The van der Waals surface area contributed by atoms with Crippen LogP contribution in [0.4, 0.5) is 0 Å². The molecule has 0 spiro atoms. The van der Waals surface area contributed by atoms with Gasteiger partial charge < -0.3 is 4.74 Å². The molecule has 2 heterocycles. The third kappa shape index (κ3) is 0.988. The molecule has 2 atom stereocenters. The first-order valence-electron chi connectivity index (χ1n) is 5.54. The summed E-state index contributed by atoms with van der Waals surface area (Å²) in [5.41, 5.74) is 1.16. The second-order valence-electron chi connectivity index (χ2n) is 4.54. The lowest BCUT2D eigenvalue weighted by Gasteiger charge is -2.42. The highest BCUT2D eigenvalue weighted by atomic mass is 16.5. The van der Waals surface area contributed by atoms with Crippen molar-refractivity contribution in [2.45, 2.75) is 24.9 Å². The summed E-state index contributed by atoms with van der Waals surface area (Å²) in [6.07, 6.45) is 1.95. The first-order chi connectivity index (χ1) is 7.63. The standard InChI is InChI=1S/C11H14N2O3/c1-12-8-7(10(14)13(2)11(12)15)6-4-3-5-16-9(6)8/h6,9H,3-5H2,1-2H3. The van der Waals surface area contributed by atoms with Crippen LogP contribution >= 0.6 is 0 Å². The number of aromatic nitrogens is 2. The average molecular weight is 222 g/mol. The summed E-state index contributed by atoms with van der Waals surface area (Å²) in [4.78, 5) is 23.7. The largest absolute Gasteiger partial charge is 0.371 e. The number of fused-ring (bicyclic) bond motifs is 4. The van der Waals surface area contributed by atoms with E-state index < -0.39 is 0 Å². The normalized spacial score (nSPS) is 26.9. The Kier molecular flexibility index (Phi) is 1.89. The van der Waals surface area contributed by atoms with Crippen molar-refractivity contribution >= 4 is 0 Å². The van der Waals surface area contributed by atoms with Crippen molar-refractivity contribution < 1.29 is 4.74 Å². The van der Waals surface area contributed by atoms with Gasteiger partial charge in [-0.15, -0.1) is 0 Å². The molecule has 1 aliphatic heterocycles. The van der Waals surface area contributed by atoms with Gasteiger partial charge in [0.2, 0.25) is 0 Å². The highest BCUT2D eigenvalue weighted by molar-refractivity contribution is 5.38. The summed E-state index contributed by atoms with van der Waals surface area (Å²) in [7, 11) is 3.23. The average Bonchev–Trinajstić information content (AvgIpc) is 2.27. The molecule has 2 aliphatic rings. The summed E-state index contributed by atoms with van der Waals surface area (Å²) in [6.45, 7) is 0.726. The molecule has 3 rings (SSSR count). The lowest BCUT2D eigenvalue weighted by molar-refractivity contribution is -0.0301. The van der Waals surface area contributed by atoms with E-state index >= 15 is 0 Å². The monoisotopic (exact) mass is 222 g/mol. The van der Waals surface area contributed by atoms with E-state index in [0.29, 0.717) is 0 Å². The molecule has 2 unspecified atom stereocenters. The summed E-state index contributed by atoms with van der Waals surface area (Å²) in [5, 5.41) is 0. The molecule has 0 amide bonds. The number of nitrogens with zero attached hydrogens (tertiary/aromatic N) is 2. The molecule has 5 heteroatoms. The van der Waals surface area contributed by atoms with Crippen LogP contribution < -0.4 is 11.2 Å². The Bertz CT molecular complexity index is 570. The molecule has 0 bridgehead atoms. The van der Waals surface area contributed by atoms with Crippen LogP contribution in [0.5, 0.6) is 0 Å². The Morgan fingerprint density at radius 3 is 2.75 bits per heavy atom. The first-order valence-corrected chi connectivity index (χ1v) is 5.54. The fourth-order valence-electron chi connectivity index (χ4n) is 2.83. The second kappa shape index (κ2) is 3.07. The van der Waals surface area contributed by atoms with Crippen LogP contribution in [0, 0.1) is 0 Å². The van der Waals surface area contributed by atoms with Crippen LogP contribution in [-0.4, -0.2) is 15.7 Å². The molecule has 86 valence electrons. The minimum Gasteiger partial charge on any atom is -0.371 e. The maximum Gasteiger partial charge on any atom is 0.330 e. The highest BCUT2D eigenvalue weighted by Crippen LogP contribution is 2.49. The van der Waals surface area contributed by atoms with Crippen molar-refractivity contribution in [2.75, 3.05) is 6.61 Å². The van der Waals surface area contributed by atoms with Crippen molar-refractivity contribution in [2.24, 2.45) is 14.1 Å². The minimum absolute atomic E-state index is 0.0321. The Labute approximate surface area is 92.3 Å². The van der Waals surface area contributed by atoms with Gasteiger partial charge in [-0.25, -0.2) is 4.79 Å². The van der Waals surface area contributed by atoms with Gasteiger partial charge in [-0.2, -0.15) is 0 Å². The van der Waals surface area contributed by atoms with E-state index in [1.165, 1.54) is 11.6 Å². The molecule has 0 aromatic carbocycles. The predicted molar refractivity (Wildman–Crippen MR) is 57.6 cm³/mol. The van der Waals surface area contributed by atoms with Gasteiger partial charge in [0.15, 0.2) is 0 Å². The number of ether oxygens (including phenoxy) is 1. The van der Waals surface area contributed by atoms with Crippen molar-refractivity contribution in [1.29, 1.82) is 0 Å². The molecular formula is C11H14N2O3. The molecule has 1 saturated heterocycles. The molecule has 0 radical (unpaired) electrons. The molecule has 1 aliphatic carbocycles. The molecule has 5 nitrogen and oxygen atoms in total. The Morgan fingerprint density at radius 2 is 2.00 bits per heavy atom. The third-order valence-corrected chi connectivity index (χ3v) is 3.71. The maximum absolute atomic E-state index is 12.0. The van der Waals surface area contributed by atoms with Crippen molar-refractivity contribution in [3.05, 3.63) is 32.1 Å². The van der Waals surface area contributed by atoms with E-state index in [0.717, 1.165) is 30.7 Å². The van der Waals surface area contributed by atoms with Gasteiger partial charge in [0.1, 0.15) is 6.10 Å². The zero-order valence-corrected chi connectivity index (χ0v) is 9.40. The van der Waals surface area contributed by atoms with Crippen LogP contribution in [0.2, 0.25) is 0 Å². The van der Waals surface area contributed by atoms with E-state index in [-0.39, 0.29) is 23.3 Å². The van der Waals surface area contributed by atoms with Crippen LogP contribution in [-0.2, 0) is 18.8 Å². The van der Waals surface area contributed by atoms with Crippen molar-refractivity contribution in [3.63, 3.8) is 0 Å². The molecule has 1 fully saturated rings. The smallest absolute Gasteiger partial charge is 0.330 e. The Hall–Kier alpha value is -1.36. The zero-order chi connectivity index (χ0) is 11.4. The molecule has 16 heavy (non-hydrogen) atoms. The number of hydrogen-bond acceptors (Lipinski definition) is 3. The summed E-state index contributed by atoms with van der Waals surface area (Å²) >= 11 is 0. The zero-order valence-electron chi connectivity index (χ0n) is 9.40. The summed E-state index contributed by atoms with van der Waals surface area (Å²) in [5.74, 6) is 0.203. The van der Waals surface area contributed by atoms with E-state index in [1.54, 1.807) is 11.6 Å².